The minimum atomic E-state index is -0.133. The summed E-state index contributed by atoms with van der Waals surface area (Å²) in [5, 5.41) is 3.69. The summed E-state index contributed by atoms with van der Waals surface area (Å²) in [4.78, 5) is 20.9. The monoisotopic (exact) mass is 459 g/mol. The van der Waals surface area contributed by atoms with E-state index in [1.54, 1.807) is 32.4 Å². The molecule has 4 rings (SSSR count). The molecule has 168 valence electrons. The number of ether oxygens (including phenoxy) is 2. The third-order valence-corrected chi connectivity index (χ3v) is 6.04. The molecule has 6 nitrogen and oxygen atoms in total. The number of anilines is 1. The summed E-state index contributed by atoms with van der Waals surface area (Å²) >= 11 is 1.40. The molecule has 0 bridgehead atoms. The van der Waals surface area contributed by atoms with Gasteiger partial charge in [0.2, 0.25) is 5.91 Å². The van der Waals surface area contributed by atoms with Gasteiger partial charge in [-0.2, -0.15) is 0 Å². The first-order chi connectivity index (χ1) is 16.1. The van der Waals surface area contributed by atoms with Crippen LogP contribution in [0.4, 0.5) is 5.69 Å². The normalized spacial score (nSPS) is 10.6. The third-order valence-electron chi connectivity index (χ3n) is 5.07. The number of nitrogens with one attached hydrogen (secondary N) is 2. The SMILES string of the molecule is COc1ccc(NC(=O)CSc2nc(-c3ccccc3)[nH]c2-c2ccc(C)cc2)cc1OC. The summed E-state index contributed by atoms with van der Waals surface area (Å²) in [7, 11) is 3.14. The number of aromatic amines is 1. The summed E-state index contributed by atoms with van der Waals surface area (Å²) in [6.07, 6.45) is 0. The van der Waals surface area contributed by atoms with Crippen molar-refractivity contribution in [3.63, 3.8) is 0 Å². The van der Waals surface area contributed by atoms with Gasteiger partial charge in [-0.1, -0.05) is 71.9 Å². The molecule has 1 aromatic heterocycles. The molecule has 0 aliphatic rings. The van der Waals surface area contributed by atoms with Gasteiger partial charge in [0.25, 0.3) is 0 Å². The fourth-order valence-electron chi connectivity index (χ4n) is 3.36. The number of benzene rings is 3. The lowest BCUT2D eigenvalue weighted by Crippen LogP contribution is -2.14. The maximum Gasteiger partial charge on any atom is 0.234 e. The van der Waals surface area contributed by atoms with Gasteiger partial charge >= 0.3 is 0 Å². The zero-order valence-electron chi connectivity index (χ0n) is 18.7. The summed E-state index contributed by atoms with van der Waals surface area (Å²) in [5.74, 6) is 2.02. The molecule has 0 aliphatic heterocycles. The van der Waals surface area contributed by atoms with Gasteiger partial charge in [0.05, 0.1) is 25.7 Å². The molecular weight excluding hydrogens is 434 g/mol. The van der Waals surface area contributed by atoms with Gasteiger partial charge in [0.1, 0.15) is 10.9 Å². The maximum absolute atomic E-state index is 12.7. The van der Waals surface area contributed by atoms with Crippen LogP contribution in [0.5, 0.6) is 11.5 Å². The fraction of sp³-hybridized carbons (Fsp3) is 0.154. The number of methoxy groups -OCH3 is 2. The molecule has 0 unspecified atom stereocenters. The van der Waals surface area contributed by atoms with Crippen LogP contribution < -0.4 is 14.8 Å². The number of aromatic nitrogens is 2. The highest BCUT2D eigenvalue weighted by molar-refractivity contribution is 8.00. The van der Waals surface area contributed by atoms with E-state index >= 15 is 0 Å². The van der Waals surface area contributed by atoms with E-state index in [-0.39, 0.29) is 11.7 Å². The second-order valence-electron chi connectivity index (χ2n) is 7.40. The Morgan fingerprint density at radius 3 is 2.36 bits per heavy atom. The Balaban J connectivity index is 1.53. The number of amides is 1. The highest BCUT2D eigenvalue weighted by Crippen LogP contribution is 2.33. The lowest BCUT2D eigenvalue weighted by molar-refractivity contribution is -0.113. The lowest BCUT2D eigenvalue weighted by atomic mass is 10.1. The van der Waals surface area contributed by atoms with E-state index in [1.807, 2.05) is 30.3 Å². The van der Waals surface area contributed by atoms with E-state index in [1.165, 1.54) is 17.3 Å². The number of aryl methyl sites for hydroxylation is 1. The van der Waals surface area contributed by atoms with Gasteiger partial charge in [-0.05, 0) is 19.1 Å². The number of carbonyl (C=O) groups excluding carboxylic acids is 1. The number of imidazole rings is 1. The number of thioether (sulfide) groups is 1. The van der Waals surface area contributed by atoms with Gasteiger partial charge in [0, 0.05) is 22.9 Å². The summed E-state index contributed by atoms with van der Waals surface area (Å²) in [6, 6.07) is 23.5. The summed E-state index contributed by atoms with van der Waals surface area (Å²) in [5.41, 5.74) is 4.75. The molecule has 0 fully saturated rings. The van der Waals surface area contributed by atoms with Crippen molar-refractivity contribution in [1.29, 1.82) is 0 Å². The largest absolute Gasteiger partial charge is 0.493 e. The van der Waals surface area contributed by atoms with Crippen LogP contribution in [-0.4, -0.2) is 35.8 Å². The van der Waals surface area contributed by atoms with Crippen molar-refractivity contribution in [2.75, 3.05) is 25.3 Å². The summed E-state index contributed by atoms with van der Waals surface area (Å²) in [6.45, 7) is 2.06. The van der Waals surface area contributed by atoms with Gasteiger partial charge in [0.15, 0.2) is 11.5 Å². The van der Waals surface area contributed by atoms with Crippen LogP contribution in [0.2, 0.25) is 0 Å². The molecule has 33 heavy (non-hydrogen) atoms. The molecule has 2 N–H and O–H groups in total. The number of carbonyl (C=O) groups is 1. The Labute approximate surface area is 197 Å². The highest BCUT2D eigenvalue weighted by atomic mass is 32.2. The van der Waals surface area contributed by atoms with Crippen molar-refractivity contribution >= 4 is 23.4 Å². The Hall–Kier alpha value is -3.71. The van der Waals surface area contributed by atoms with Crippen LogP contribution in [0.1, 0.15) is 5.56 Å². The van der Waals surface area contributed by atoms with E-state index in [4.69, 9.17) is 14.5 Å². The lowest BCUT2D eigenvalue weighted by Gasteiger charge is -2.10. The quantitative estimate of drug-likeness (QED) is 0.326. The fourth-order valence-corrected chi connectivity index (χ4v) is 4.16. The predicted molar refractivity (Wildman–Crippen MR) is 133 cm³/mol. The van der Waals surface area contributed by atoms with E-state index in [0.717, 1.165) is 27.7 Å². The van der Waals surface area contributed by atoms with Crippen molar-refractivity contribution in [2.24, 2.45) is 0 Å². The second kappa shape index (κ2) is 10.3. The van der Waals surface area contributed by atoms with Gasteiger partial charge < -0.3 is 19.8 Å². The molecule has 0 aliphatic carbocycles. The van der Waals surface area contributed by atoms with Crippen LogP contribution in [0.25, 0.3) is 22.6 Å². The molecule has 7 heteroatoms. The van der Waals surface area contributed by atoms with Crippen LogP contribution in [0.3, 0.4) is 0 Å². The van der Waals surface area contributed by atoms with Crippen LogP contribution >= 0.6 is 11.8 Å². The van der Waals surface area contributed by atoms with Crippen LogP contribution in [0, 0.1) is 6.92 Å². The highest BCUT2D eigenvalue weighted by Gasteiger charge is 2.16. The molecule has 0 saturated carbocycles. The minimum absolute atomic E-state index is 0.133. The van der Waals surface area contributed by atoms with Gasteiger partial charge in [-0.15, -0.1) is 0 Å². The van der Waals surface area contributed by atoms with E-state index in [0.29, 0.717) is 17.2 Å². The first-order valence-corrected chi connectivity index (χ1v) is 11.4. The Morgan fingerprint density at radius 2 is 1.67 bits per heavy atom. The van der Waals surface area contributed by atoms with Crippen molar-refractivity contribution in [2.45, 2.75) is 11.9 Å². The number of hydrogen-bond acceptors (Lipinski definition) is 5. The van der Waals surface area contributed by atoms with Gasteiger partial charge in [-0.25, -0.2) is 4.98 Å². The molecule has 1 heterocycles. The van der Waals surface area contributed by atoms with Crippen molar-refractivity contribution in [3.8, 4) is 34.1 Å². The maximum atomic E-state index is 12.7. The van der Waals surface area contributed by atoms with E-state index in [9.17, 15) is 4.79 Å². The first-order valence-electron chi connectivity index (χ1n) is 10.4. The smallest absolute Gasteiger partial charge is 0.234 e. The first kappa shape index (κ1) is 22.5. The molecule has 1 amide bonds. The van der Waals surface area contributed by atoms with E-state index < -0.39 is 0 Å². The molecule has 4 aromatic rings. The number of rotatable bonds is 8. The Bertz CT molecular complexity index is 1240. The zero-order chi connectivity index (χ0) is 23.2. The number of H-pyrrole nitrogens is 1. The average Bonchev–Trinajstić information content (AvgIpc) is 3.28. The molecule has 0 atom stereocenters. The number of hydrogen-bond donors (Lipinski definition) is 2. The van der Waals surface area contributed by atoms with Crippen LogP contribution in [-0.2, 0) is 4.79 Å². The molecule has 0 saturated heterocycles. The number of nitrogens with zero attached hydrogens (tertiary/aromatic N) is 1. The van der Waals surface area contributed by atoms with Crippen molar-refractivity contribution in [1.82, 2.24) is 9.97 Å². The molecule has 0 spiro atoms. The second-order valence-corrected chi connectivity index (χ2v) is 8.37. The van der Waals surface area contributed by atoms with E-state index in [2.05, 4.69) is 41.5 Å². The zero-order valence-corrected chi connectivity index (χ0v) is 19.5. The average molecular weight is 460 g/mol. The predicted octanol–water partition coefficient (Wildman–Crippen LogP) is 5.80. The topological polar surface area (TPSA) is 76.2 Å². The molecule has 0 radical (unpaired) electrons. The third kappa shape index (κ3) is 5.38. The Morgan fingerprint density at radius 1 is 0.939 bits per heavy atom. The van der Waals surface area contributed by atoms with Crippen LogP contribution in [0.15, 0.2) is 77.8 Å². The summed E-state index contributed by atoms with van der Waals surface area (Å²) < 4.78 is 10.6. The molecule has 3 aromatic carbocycles. The van der Waals surface area contributed by atoms with Gasteiger partial charge in [-0.3, -0.25) is 4.79 Å². The molecular formula is C26H25N3O3S. The Kier molecular flexibility index (Phi) is 7.00. The van der Waals surface area contributed by atoms with Crippen molar-refractivity contribution in [3.05, 3.63) is 78.4 Å². The standard InChI is InChI=1S/C26H25N3O3S/c1-17-9-11-18(12-10-17)24-26(29-25(28-24)19-7-5-4-6-8-19)33-16-23(30)27-20-13-14-21(31-2)22(15-20)32-3/h4-15H,16H2,1-3H3,(H,27,30)(H,28,29). The van der Waals surface area contributed by atoms with Crippen molar-refractivity contribution < 1.29 is 14.3 Å². The minimum Gasteiger partial charge on any atom is -0.493 e.